The van der Waals surface area contributed by atoms with Crippen molar-refractivity contribution < 1.29 is 27.7 Å². The Labute approximate surface area is 125 Å². The van der Waals surface area contributed by atoms with Crippen LogP contribution < -0.4 is 0 Å². The Morgan fingerprint density at radius 2 is 1.55 bits per heavy atom. The molecule has 0 saturated heterocycles. The van der Waals surface area contributed by atoms with Gasteiger partial charge in [-0.25, -0.2) is 0 Å². The average Bonchev–Trinajstić information content (AvgIpc) is 2.78. The summed E-state index contributed by atoms with van der Waals surface area (Å²) in [5.74, 6) is -1.46. The second-order valence-electron chi connectivity index (χ2n) is 4.87. The third-order valence-electron chi connectivity index (χ3n) is 3.52. The van der Waals surface area contributed by atoms with E-state index in [0.717, 1.165) is 5.56 Å². The van der Waals surface area contributed by atoms with Crippen molar-refractivity contribution in [2.24, 2.45) is 0 Å². The lowest BCUT2D eigenvalue weighted by Gasteiger charge is -2.07. The Balaban J connectivity index is 2.08. The molecule has 1 aliphatic rings. The second-order valence-corrected chi connectivity index (χ2v) is 6.34. The van der Waals surface area contributed by atoms with Gasteiger partial charge in [-0.1, -0.05) is 36.4 Å². The van der Waals surface area contributed by atoms with E-state index in [1.807, 2.05) is 0 Å². The van der Waals surface area contributed by atoms with E-state index in [1.54, 1.807) is 24.3 Å². The zero-order valence-electron chi connectivity index (χ0n) is 11.1. The number of aliphatic hydroxyl groups excluding tert-OH is 1. The number of aliphatic hydroxyl groups is 1. The highest BCUT2D eigenvalue weighted by molar-refractivity contribution is 7.87. The predicted octanol–water partition coefficient (Wildman–Crippen LogP) is 1.29. The Morgan fingerprint density at radius 3 is 2.18 bits per heavy atom. The van der Waals surface area contributed by atoms with Crippen LogP contribution in [0.25, 0.3) is 11.1 Å². The number of benzene rings is 2. The quantitative estimate of drug-likeness (QED) is 0.556. The highest BCUT2D eigenvalue weighted by Crippen LogP contribution is 2.36. The Morgan fingerprint density at radius 1 is 0.955 bits per heavy atom. The first-order valence-corrected chi connectivity index (χ1v) is 7.78. The lowest BCUT2D eigenvalue weighted by molar-refractivity contribution is 0.0848. The van der Waals surface area contributed by atoms with Crippen molar-refractivity contribution in [1.82, 2.24) is 0 Å². The maximum absolute atomic E-state index is 12.3. The zero-order valence-corrected chi connectivity index (χ0v) is 11.9. The van der Waals surface area contributed by atoms with Crippen LogP contribution in [0.3, 0.4) is 0 Å². The molecule has 0 radical (unpaired) electrons. The summed E-state index contributed by atoms with van der Waals surface area (Å²) < 4.78 is 30.4. The second kappa shape index (κ2) is 4.84. The molecule has 0 saturated carbocycles. The molecule has 2 N–H and O–H groups in total. The normalized spacial score (nSPS) is 14.4. The summed E-state index contributed by atoms with van der Waals surface area (Å²) in [7, 11) is -4.91. The van der Waals surface area contributed by atoms with Gasteiger partial charge in [0.1, 0.15) is 0 Å². The number of fused-ring (bicyclic) bond motifs is 3. The SMILES string of the molecule is O=C1c2ccccc2-c2ccc(C(=O)[C@H](O)S(=O)(=O)O)cc21. The number of carbonyl (C=O) groups excluding carboxylic acids is 2. The van der Waals surface area contributed by atoms with E-state index in [4.69, 9.17) is 4.55 Å². The highest BCUT2D eigenvalue weighted by atomic mass is 32.2. The predicted molar refractivity (Wildman–Crippen MR) is 77.2 cm³/mol. The minimum absolute atomic E-state index is 0.162. The fraction of sp³-hybridized carbons (Fsp3) is 0.0667. The van der Waals surface area contributed by atoms with Crippen LogP contribution in [-0.2, 0) is 10.1 Å². The van der Waals surface area contributed by atoms with Crippen molar-refractivity contribution in [2.75, 3.05) is 0 Å². The molecule has 0 aromatic heterocycles. The molecule has 112 valence electrons. The zero-order chi connectivity index (χ0) is 16.1. The molecule has 0 fully saturated rings. The summed E-state index contributed by atoms with van der Waals surface area (Å²) in [5.41, 5.74) is -0.600. The molecule has 2 aromatic rings. The van der Waals surface area contributed by atoms with Crippen molar-refractivity contribution in [1.29, 1.82) is 0 Å². The molecule has 3 rings (SSSR count). The first-order valence-electron chi connectivity index (χ1n) is 6.27. The number of hydrogen-bond acceptors (Lipinski definition) is 5. The van der Waals surface area contributed by atoms with Gasteiger partial charge in [-0.05, 0) is 17.2 Å². The van der Waals surface area contributed by atoms with Gasteiger partial charge < -0.3 is 5.11 Å². The largest absolute Gasteiger partial charge is 0.369 e. The van der Waals surface area contributed by atoms with E-state index < -0.39 is 21.3 Å². The summed E-state index contributed by atoms with van der Waals surface area (Å²) in [6.07, 6.45) is 0. The first-order chi connectivity index (χ1) is 10.3. The topological polar surface area (TPSA) is 109 Å². The molecule has 0 unspecified atom stereocenters. The number of hydrogen-bond donors (Lipinski definition) is 2. The van der Waals surface area contributed by atoms with Gasteiger partial charge in [0.2, 0.25) is 11.2 Å². The molecule has 2 aromatic carbocycles. The maximum atomic E-state index is 12.3. The monoisotopic (exact) mass is 318 g/mol. The number of rotatable bonds is 3. The molecule has 0 spiro atoms. The van der Waals surface area contributed by atoms with E-state index in [9.17, 15) is 23.1 Å². The van der Waals surface area contributed by atoms with E-state index in [0.29, 0.717) is 11.1 Å². The molecular weight excluding hydrogens is 308 g/mol. The summed E-state index contributed by atoms with van der Waals surface area (Å²) >= 11 is 0. The van der Waals surface area contributed by atoms with Crippen molar-refractivity contribution >= 4 is 21.7 Å². The van der Waals surface area contributed by atoms with Crippen LogP contribution in [-0.4, -0.2) is 35.1 Å². The first kappa shape index (κ1) is 14.6. The maximum Gasteiger partial charge on any atom is 0.299 e. The van der Waals surface area contributed by atoms with Crippen molar-refractivity contribution in [3.8, 4) is 11.1 Å². The van der Waals surface area contributed by atoms with Gasteiger partial charge in [0.25, 0.3) is 10.1 Å². The van der Waals surface area contributed by atoms with Crippen molar-refractivity contribution in [3.63, 3.8) is 0 Å². The van der Waals surface area contributed by atoms with Crippen LogP contribution in [0.4, 0.5) is 0 Å². The lowest BCUT2D eigenvalue weighted by atomic mass is 10.0. The van der Waals surface area contributed by atoms with Crippen molar-refractivity contribution in [3.05, 3.63) is 59.2 Å². The summed E-state index contributed by atoms with van der Waals surface area (Å²) in [5, 5.41) is 9.32. The third kappa shape index (κ3) is 2.16. The van der Waals surface area contributed by atoms with Gasteiger partial charge in [0, 0.05) is 16.7 Å². The summed E-state index contributed by atoms with van der Waals surface area (Å²) in [6, 6.07) is 11.0. The molecule has 0 amide bonds. The molecule has 0 aliphatic heterocycles. The van der Waals surface area contributed by atoms with Gasteiger partial charge in [-0.15, -0.1) is 0 Å². The Kier molecular flexibility index (Phi) is 3.21. The van der Waals surface area contributed by atoms with Crippen LogP contribution in [0.5, 0.6) is 0 Å². The highest BCUT2D eigenvalue weighted by Gasteiger charge is 2.32. The van der Waals surface area contributed by atoms with Crippen LogP contribution in [0.1, 0.15) is 26.3 Å². The Hall–Kier alpha value is -2.35. The molecule has 0 heterocycles. The van der Waals surface area contributed by atoms with Gasteiger partial charge in [-0.2, -0.15) is 8.42 Å². The number of Topliss-reactive ketones (excluding diaryl/α,β-unsaturated/α-hetero) is 1. The molecule has 6 nitrogen and oxygen atoms in total. The number of ketones is 2. The van der Waals surface area contributed by atoms with Gasteiger partial charge in [0.05, 0.1) is 0 Å². The van der Waals surface area contributed by atoms with E-state index in [-0.39, 0.29) is 16.9 Å². The lowest BCUT2D eigenvalue weighted by Crippen LogP contribution is -2.29. The third-order valence-corrected chi connectivity index (χ3v) is 4.30. The van der Waals surface area contributed by atoms with Crippen molar-refractivity contribution in [2.45, 2.75) is 5.44 Å². The fourth-order valence-corrected chi connectivity index (χ4v) is 2.87. The fourth-order valence-electron chi connectivity index (χ4n) is 2.46. The molecule has 0 bridgehead atoms. The number of carbonyl (C=O) groups is 2. The van der Waals surface area contributed by atoms with Gasteiger partial charge in [-0.3, -0.25) is 14.1 Å². The van der Waals surface area contributed by atoms with E-state index >= 15 is 0 Å². The Bertz CT molecular complexity index is 913. The van der Waals surface area contributed by atoms with E-state index in [2.05, 4.69) is 0 Å². The summed E-state index contributed by atoms with van der Waals surface area (Å²) in [4.78, 5) is 24.2. The van der Waals surface area contributed by atoms with Crippen LogP contribution >= 0.6 is 0 Å². The van der Waals surface area contributed by atoms with Gasteiger partial charge in [0.15, 0.2) is 5.78 Å². The minimum atomic E-state index is -4.91. The van der Waals surface area contributed by atoms with E-state index in [1.165, 1.54) is 18.2 Å². The van der Waals surface area contributed by atoms with Gasteiger partial charge >= 0.3 is 0 Å². The molecule has 22 heavy (non-hydrogen) atoms. The summed E-state index contributed by atoms with van der Waals surface area (Å²) in [6.45, 7) is 0. The van der Waals surface area contributed by atoms with Crippen LogP contribution in [0.15, 0.2) is 42.5 Å². The molecule has 7 heteroatoms. The molecular formula is C15H10O6S. The molecule has 1 atom stereocenters. The van der Waals surface area contributed by atoms with Crippen LogP contribution in [0, 0.1) is 0 Å². The minimum Gasteiger partial charge on any atom is -0.369 e. The molecule has 1 aliphatic carbocycles. The smallest absolute Gasteiger partial charge is 0.299 e. The van der Waals surface area contributed by atoms with Crippen LogP contribution in [0.2, 0.25) is 0 Å². The average molecular weight is 318 g/mol. The standard InChI is InChI=1S/C15H10O6S/c16-13(15(18)22(19,20)21)8-5-6-10-9-3-1-2-4-11(9)14(17)12(10)7-8/h1-7,15,18H,(H,19,20,21)/t15-/m1/s1.